The van der Waals surface area contributed by atoms with Crippen molar-refractivity contribution >= 4 is 40.9 Å². The zero-order chi connectivity index (χ0) is 32.9. The molecule has 1 amide bonds. The van der Waals surface area contributed by atoms with E-state index in [-0.39, 0.29) is 28.9 Å². The third-order valence-corrected chi connectivity index (χ3v) is 8.71. The molecule has 2 N–H and O–H groups in total. The fourth-order valence-electron chi connectivity index (χ4n) is 5.17. The lowest BCUT2D eigenvalue weighted by Crippen LogP contribution is -2.31. The predicted molar refractivity (Wildman–Crippen MR) is 179 cm³/mol. The maximum Gasteiger partial charge on any atom is 0.255 e. The van der Waals surface area contributed by atoms with Crippen LogP contribution in [0.2, 0.25) is 5.02 Å². The molecule has 0 aliphatic carbocycles. The molecule has 5 aromatic rings. The fraction of sp³-hybridized carbons (Fsp3) is 0.171. The van der Waals surface area contributed by atoms with Gasteiger partial charge in [0.05, 0.1) is 22.9 Å². The van der Waals surface area contributed by atoms with Gasteiger partial charge in [-0.05, 0) is 67.4 Å². The highest BCUT2D eigenvalue weighted by molar-refractivity contribution is 7.98. The van der Waals surface area contributed by atoms with Crippen LogP contribution in [0.15, 0.2) is 107 Å². The third kappa shape index (κ3) is 7.11. The van der Waals surface area contributed by atoms with Gasteiger partial charge in [0.25, 0.3) is 5.91 Å². The molecule has 240 valence electrons. The van der Waals surface area contributed by atoms with Crippen LogP contribution in [0.1, 0.15) is 36.6 Å². The first-order valence-corrected chi connectivity index (χ1v) is 16.2. The van der Waals surface area contributed by atoms with Gasteiger partial charge in [0, 0.05) is 17.0 Å². The van der Waals surface area contributed by atoms with E-state index < -0.39 is 11.9 Å². The van der Waals surface area contributed by atoms with E-state index in [0.29, 0.717) is 57.5 Å². The number of hydrogen-bond acceptors (Lipinski definition) is 7. The average Bonchev–Trinajstić information content (AvgIpc) is 3.47. The van der Waals surface area contributed by atoms with Crippen molar-refractivity contribution in [3.63, 3.8) is 0 Å². The topological polar surface area (TPSA) is 90.3 Å². The number of nitrogens with one attached hydrogen (secondary N) is 2. The number of benzene rings is 4. The lowest BCUT2D eigenvalue weighted by molar-refractivity contribution is -0.113. The van der Waals surface area contributed by atoms with Gasteiger partial charge in [0.2, 0.25) is 11.1 Å². The van der Waals surface area contributed by atoms with Crippen LogP contribution in [0.3, 0.4) is 0 Å². The molecule has 0 fully saturated rings. The second kappa shape index (κ2) is 14.3. The monoisotopic (exact) mass is 673 g/mol. The van der Waals surface area contributed by atoms with Gasteiger partial charge in [0.1, 0.15) is 35.8 Å². The van der Waals surface area contributed by atoms with Crippen LogP contribution in [-0.4, -0.2) is 27.3 Å². The first-order valence-electron chi connectivity index (χ1n) is 14.8. The zero-order valence-corrected chi connectivity index (χ0v) is 27.0. The van der Waals surface area contributed by atoms with Gasteiger partial charge < -0.3 is 20.1 Å². The largest absolute Gasteiger partial charge is 0.492 e. The SMILES string of the molecule is CCOc1ccccc1NC(=O)C1=C(C)Nc2nc(SCc3ccccc3F)nn2C1c1ccc(OCc2c(F)cccc2Cl)cc1. The summed E-state index contributed by atoms with van der Waals surface area (Å²) >= 11 is 7.46. The number of carbonyl (C=O) groups excluding carboxylic acids is 1. The standard InChI is InChI=1S/C35H30ClF2N5O3S/c1-3-45-30-14-7-6-13-29(30)40-33(44)31-21(2)39-34-41-35(47-20-23-9-4-5-11-27(23)37)42-43(34)32(31)22-15-17-24(18-16-22)46-19-25-26(36)10-8-12-28(25)38/h4-18,32H,3,19-20H2,1-2H3,(H,40,44)(H,39,41,42). The lowest BCUT2D eigenvalue weighted by atomic mass is 9.95. The Kier molecular flexibility index (Phi) is 9.74. The molecule has 4 aromatic carbocycles. The van der Waals surface area contributed by atoms with Gasteiger partial charge in [0.15, 0.2) is 0 Å². The van der Waals surface area contributed by atoms with Gasteiger partial charge in [-0.2, -0.15) is 4.98 Å². The van der Waals surface area contributed by atoms with Crippen LogP contribution in [0.5, 0.6) is 11.5 Å². The second-order valence-electron chi connectivity index (χ2n) is 10.6. The number of amides is 1. The molecule has 0 radical (unpaired) electrons. The van der Waals surface area contributed by atoms with Gasteiger partial charge in [-0.1, -0.05) is 71.9 Å². The minimum atomic E-state index is -0.684. The number of anilines is 2. The Morgan fingerprint density at radius 3 is 2.49 bits per heavy atom. The smallest absolute Gasteiger partial charge is 0.255 e. The molecule has 8 nitrogen and oxygen atoms in total. The Morgan fingerprint density at radius 2 is 1.72 bits per heavy atom. The van der Waals surface area contributed by atoms with Crippen LogP contribution in [0.4, 0.5) is 20.4 Å². The summed E-state index contributed by atoms with van der Waals surface area (Å²) in [4.78, 5) is 18.7. The van der Waals surface area contributed by atoms with Crippen LogP contribution >= 0.6 is 23.4 Å². The number of thioether (sulfide) groups is 1. The summed E-state index contributed by atoms with van der Waals surface area (Å²) in [7, 11) is 0. The summed E-state index contributed by atoms with van der Waals surface area (Å²) in [6.07, 6.45) is 0. The number of halogens is 3. The molecule has 6 rings (SSSR count). The van der Waals surface area contributed by atoms with Gasteiger partial charge in [-0.15, -0.1) is 5.10 Å². The van der Waals surface area contributed by atoms with E-state index in [1.807, 2.05) is 31.2 Å². The van der Waals surface area contributed by atoms with E-state index >= 15 is 0 Å². The number of nitrogens with zero attached hydrogens (tertiary/aromatic N) is 3. The highest BCUT2D eigenvalue weighted by Gasteiger charge is 2.35. The molecule has 0 spiro atoms. The summed E-state index contributed by atoms with van der Waals surface area (Å²) in [6, 6.07) is 24.7. The van der Waals surface area contributed by atoms with Crippen molar-refractivity contribution in [2.24, 2.45) is 0 Å². The first kappa shape index (κ1) is 32.1. The van der Waals surface area contributed by atoms with Crippen LogP contribution in [-0.2, 0) is 17.2 Å². The average molecular weight is 674 g/mol. The maximum absolute atomic E-state index is 14.3. The number of hydrogen-bond donors (Lipinski definition) is 2. The van der Waals surface area contributed by atoms with E-state index in [2.05, 4.69) is 15.6 Å². The molecular formula is C35H30ClF2N5O3S. The maximum atomic E-state index is 14.3. The minimum absolute atomic E-state index is 0.0556. The van der Waals surface area contributed by atoms with E-state index in [1.165, 1.54) is 30.0 Å². The lowest BCUT2D eigenvalue weighted by Gasteiger charge is -2.29. The van der Waals surface area contributed by atoms with Crippen molar-refractivity contribution in [3.8, 4) is 11.5 Å². The Morgan fingerprint density at radius 1 is 0.979 bits per heavy atom. The Hall–Kier alpha value is -4.87. The Bertz CT molecular complexity index is 1930. The third-order valence-electron chi connectivity index (χ3n) is 7.47. The highest BCUT2D eigenvalue weighted by atomic mass is 35.5. The quantitative estimate of drug-likeness (QED) is 0.136. The molecule has 1 unspecified atom stereocenters. The summed E-state index contributed by atoms with van der Waals surface area (Å²) in [5.41, 5.74) is 3.03. The number of allylic oxidation sites excluding steroid dienone is 1. The first-order chi connectivity index (χ1) is 22.8. The number of fused-ring (bicyclic) bond motifs is 1. The van der Waals surface area contributed by atoms with Crippen LogP contribution < -0.4 is 20.1 Å². The van der Waals surface area contributed by atoms with Gasteiger partial charge in [-0.3, -0.25) is 4.79 Å². The molecule has 12 heteroatoms. The number of rotatable bonds is 11. The van der Waals surface area contributed by atoms with Crippen LogP contribution in [0, 0.1) is 11.6 Å². The Labute approximate surface area is 279 Å². The normalized spacial score (nSPS) is 13.9. The summed E-state index contributed by atoms with van der Waals surface area (Å²) in [6.45, 7) is 4.06. The Balaban J connectivity index is 1.31. The van der Waals surface area contributed by atoms with E-state index in [1.54, 1.807) is 60.1 Å². The molecule has 0 saturated heterocycles. The van der Waals surface area contributed by atoms with Gasteiger partial charge in [-0.25, -0.2) is 13.5 Å². The van der Waals surface area contributed by atoms with E-state index in [9.17, 15) is 13.6 Å². The highest BCUT2D eigenvalue weighted by Crippen LogP contribution is 2.38. The molecule has 47 heavy (non-hydrogen) atoms. The van der Waals surface area contributed by atoms with Gasteiger partial charge >= 0.3 is 0 Å². The summed E-state index contributed by atoms with van der Waals surface area (Å²) in [5, 5.41) is 11.7. The van der Waals surface area contributed by atoms with E-state index in [0.717, 1.165) is 5.56 Å². The summed E-state index contributed by atoms with van der Waals surface area (Å²) in [5.74, 6) is 0.683. The van der Waals surface area contributed by atoms with Crippen molar-refractivity contribution < 1.29 is 23.0 Å². The number of aromatic nitrogens is 3. The summed E-state index contributed by atoms with van der Waals surface area (Å²) < 4.78 is 41.8. The van der Waals surface area contributed by atoms with Crippen molar-refractivity contribution in [2.75, 3.05) is 17.2 Å². The molecule has 0 bridgehead atoms. The predicted octanol–water partition coefficient (Wildman–Crippen LogP) is 8.41. The minimum Gasteiger partial charge on any atom is -0.492 e. The zero-order valence-electron chi connectivity index (χ0n) is 25.5. The molecule has 2 heterocycles. The molecular weight excluding hydrogens is 644 g/mol. The van der Waals surface area contributed by atoms with Crippen LogP contribution in [0.25, 0.3) is 0 Å². The van der Waals surface area contributed by atoms with E-state index in [4.69, 9.17) is 26.2 Å². The molecule has 1 atom stereocenters. The van der Waals surface area contributed by atoms with Crippen molar-refractivity contribution in [1.82, 2.24) is 14.8 Å². The van der Waals surface area contributed by atoms with Crippen molar-refractivity contribution in [1.29, 1.82) is 0 Å². The van der Waals surface area contributed by atoms with Crippen molar-refractivity contribution in [2.45, 2.75) is 37.4 Å². The number of carbonyl (C=O) groups is 1. The molecule has 1 aliphatic heterocycles. The fourth-order valence-corrected chi connectivity index (χ4v) is 6.20. The number of para-hydroxylation sites is 2. The number of ether oxygens (including phenoxy) is 2. The molecule has 1 aliphatic rings. The van der Waals surface area contributed by atoms with Crippen molar-refractivity contribution in [3.05, 3.63) is 136 Å². The second-order valence-corrected chi connectivity index (χ2v) is 11.9. The molecule has 0 saturated carbocycles. The molecule has 1 aromatic heterocycles.